The molecule has 1 rings (SSSR count). The van der Waals surface area contributed by atoms with Crippen molar-refractivity contribution < 1.29 is 22.7 Å². The van der Waals surface area contributed by atoms with Crippen LogP contribution < -0.4 is 9.62 Å². The summed E-state index contributed by atoms with van der Waals surface area (Å²) >= 11 is 0. The number of methoxy groups -OCH3 is 1. The summed E-state index contributed by atoms with van der Waals surface area (Å²) in [7, 11) is 1.33. The van der Waals surface area contributed by atoms with Gasteiger partial charge in [-0.15, -0.1) is 0 Å². The maximum absolute atomic E-state index is 12.1. The van der Waals surface area contributed by atoms with Gasteiger partial charge in [-0.2, -0.15) is 0 Å². The van der Waals surface area contributed by atoms with E-state index in [1.807, 2.05) is 19.0 Å². The van der Waals surface area contributed by atoms with Crippen LogP contribution in [0.15, 0.2) is 24.3 Å². The minimum atomic E-state index is -3.67. The zero-order valence-electron chi connectivity index (χ0n) is 15.0. The molecule has 9 heteroatoms. The molecular formula is C16H25N3O5S. The Morgan fingerprint density at radius 2 is 1.80 bits per heavy atom. The fourth-order valence-electron chi connectivity index (χ4n) is 2.15. The van der Waals surface area contributed by atoms with Crippen molar-refractivity contribution in [1.82, 2.24) is 10.2 Å². The number of hydrogen-bond donors (Lipinski definition) is 1. The number of nitrogens with one attached hydrogen (secondary N) is 1. The predicted octanol–water partition coefficient (Wildman–Crippen LogP) is 0.307. The van der Waals surface area contributed by atoms with Gasteiger partial charge in [-0.1, -0.05) is 12.1 Å². The van der Waals surface area contributed by atoms with Gasteiger partial charge in [-0.25, -0.2) is 13.2 Å². The van der Waals surface area contributed by atoms with Gasteiger partial charge in [0, 0.05) is 26.1 Å². The van der Waals surface area contributed by atoms with E-state index in [-0.39, 0.29) is 30.1 Å². The Hall–Kier alpha value is -2.13. The normalized spacial score (nSPS) is 11.2. The smallest absolute Gasteiger partial charge is 0.340 e. The molecule has 0 atom stereocenters. The topological polar surface area (TPSA) is 96.0 Å². The lowest BCUT2D eigenvalue weighted by atomic mass is 10.1. The molecular weight excluding hydrogens is 346 g/mol. The molecule has 0 aliphatic carbocycles. The fourth-order valence-corrected chi connectivity index (χ4v) is 3.09. The molecule has 0 heterocycles. The molecule has 0 aliphatic heterocycles. The summed E-state index contributed by atoms with van der Waals surface area (Å²) in [6.45, 7) is 1.09. The molecule has 1 amide bonds. The van der Waals surface area contributed by atoms with Gasteiger partial charge in [-0.05, 0) is 26.2 Å². The monoisotopic (exact) mass is 371 g/mol. The summed E-state index contributed by atoms with van der Waals surface area (Å²) in [5, 5.41) is 2.73. The lowest BCUT2D eigenvalue weighted by Gasteiger charge is -2.24. The number of carbonyl (C=O) groups excluding carboxylic acids is 2. The van der Waals surface area contributed by atoms with E-state index in [9.17, 15) is 18.0 Å². The molecule has 0 spiro atoms. The van der Waals surface area contributed by atoms with Gasteiger partial charge >= 0.3 is 5.97 Å². The first-order valence-electron chi connectivity index (χ1n) is 7.73. The highest BCUT2D eigenvalue weighted by Crippen LogP contribution is 2.23. The van der Waals surface area contributed by atoms with Gasteiger partial charge in [0.25, 0.3) is 0 Å². The molecule has 1 aromatic carbocycles. The molecule has 0 bridgehead atoms. The number of para-hydroxylation sites is 1. The Morgan fingerprint density at radius 1 is 1.16 bits per heavy atom. The van der Waals surface area contributed by atoms with E-state index in [0.717, 1.165) is 10.6 Å². The summed E-state index contributed by atoms with van der Waals surface area (Å²) in [6.07, 6.45) is 1.01. The Balaban J connectivity index is 2.91. The molecule has 0 fully saturated rings. The van der Waals surface area contributed by atoms with Gasteiger partial charge in [0.1, 0.15) is 0 Å². The highest BCUT2D eigenvalue weighted by atomic mass is 32.2. The highest BCUT2D eigenvalue weighted by Gasteiger charge is 2.24. The second-order valence-corrected chi connectivity index (χ2v) is 7.65. The number of carbonyl (C=O) groups is 2. The fraction of sp³-hybridized carbons (Fsp3) is 0.500. The minimum Gasteiger partial charge on any atom is -0.465 e. The molecule has 1 aromatic rings. The number of rotatable bonds is 9. The Kier molecular flexibility index (Phi) is 7.85. The number of benzene rings is 1. The molecule has 0 saturated heterocycles. The van der Waals surface area contributed by atoms with E-state index in [2.05, 4.69) is 5.32 Å². The minimum absolute atomic E-state index is 0.0179. The van der Waals surface area contributed by atoms with Crippen molar-refractivity contribution in [1.29, 1.82) is 0 Å². The third-order valence-electron chi connectivity index (χ3n) is 3.40. The molecule has 0 aliphatic rings. The van der Waals surface area contributed by atoms with Crippen LogP contribution in [-0.4, -0.2) is 72.3 Å². The number of nitrogens with zero attached hydrogens (tertiary/aromatic N) is 2. The predicted molar refractivity (Wildman–Crippen MR) is 96.2 cm³/mol. The number of ether oxygens (including phenoxy) is 1. The second kappa shape index (κ2) is 9.38. The van der Waals surface area contributed by atoms with Gasteiger partial charge in [0.15, 0.2) is 0 Å². The zero-order valence-corrected chi connectivity index (χ0v) is 15.8. The van der Waals surface area contributed by atoms with Crippen molar-refractivity contribution in [3.63, 3.8) is 0 Å². The standard InChI is InChI=1S/C16H25N3O5S/c1-18(2)12-10-17-15(20)9-11-19(25(4,22)23)14-8-6-5-7-13(14)16(21)24-3/h5-8H,9-12H2,1-4H3,(H,17,20). The Labute approximate surface area is 148 Å². The zero-order chi connectivity index (χ0) is 19.0. The molecule has 0 unspecified atom stereocenters. The first-order chi connectivity index (χ1) is 11.7. The van der Waals surface area contributed by atoms with Crippen LogP contribution in [0.5, 0.6) is 0 Å². The summed E-state index contributed by atoms with van der Waals surface area (Å²) < 4.78 is 30.0. The van der Waals surface area contributed by atoms with E-state index in [0.29, 0.717) is 13.1 Å². The maximum atomic E-state index is 12.1. The van der Waals surface area contributed by atoms with Crippen molar-refractivity contribution in [2.45, 2.75) is 6.42 Å². The van der Waals surface area contributed by atoms with E-state index >= 15 is 0 Å². The van der Waals surface area contributed by atoms with Gasteiger partial charge in [0.05, 0.1) is 24.6 Å². The van der Waals surface area contributed by atoms with Gasteiger partial charge in [0.2, 0.25) is 15.9 Å². The Bertz CT molecular complexity index is 703. The quantitative estimate of drug-likeness (QED) is 0.628. The van der Waals surface area contributed by atoms with Crippen LogP contribution in [0.1, 0.15) is 16.8 Å². The molecule has 140 valence electrons. The molecule has 1 N–H and O–H groups in total. The molecule has 25 heavy (non-hydrogen) atoms. The van der Waals surface area contributed by atoms with E-state index in [1.54, 1.807) is 12.1 Å². The molecule has 8 nitrogen and oxygen atoms in total. The summed E-state index contributed by atoms with van der Waals surface area (Å²) in [4.78, 5) is 25.7. The number of sulfonamides is 1. The van der Waals surface area contributed by atoms with Crippen molar-refractivity contribution in [3.8, 4) is 0 Å². The van der Waals surface area contributed by atoms with E-state index in [4.69, 9.17) is 4.74 Å². The van der Waals surface area contributed by atoms with Crippen molar-refractivity contribution in [3.05, 3.63) is 29.8 Å². The van der Waals surface area contributed by atoms with Crippen molar-refractivity contribution >= 4 is 27.6 Å². The van der Waals surface area contributed by atoms with Crippen LogP contribution in [0.3, 0.4) is 0 Å². The van der Waals surface area contributed by atoms with E-state index < -0.39 is 16.0 Å². The van der Waals surface area contributed by atoms with Crippen LogP contribution in [0, 0.1) is 0 Å². The average molecular weight is 371 g/mol. The van der Waals surface area contributed by atoms with Gasteiger partial charge < -0.3 is 15.0 Å². The third kappa shape index (κ3) is 6.71. The van der Waals surface area contributed by atoms with Crippen LogP contribution >= 0.6 is 0 Å². The Morgan fingerprint density at radius 3 is 2.36 bits per heavy atom. The lowest BCUT2D eigenvalue weighted by molar-refractivity contribution is -0.120. The first-order valence-corrected chi connectivity index (χ1v) is 9.58. The van der Waals surface area contributed by atoms with Crippen LogP contribution in [0.25, 0.3) is 0 Å². The summed E-state index contributed by atoms with van der Waals surface area (Å²) in [5.74, 6) is -0.897. The lowest BCUT2D eigenvalue weighted by Crippen LogP contribution is -2.37. The number of esters is 1. The first kappa shape index (κ1) is 20.9. The summed E-state index contributed by atoms with van der Waals surface area (Å²) in [6, 6.07) is 6.23. The third-order valence-corrected chi connectivity index (χ3v) is 4.58. The SMILES string of the molecule is COC(=O)c1ccccc1N(CCC(=O)NCCN(C)C)S(C)(=O)=O. The maximum Gasteiger partial charge on any atom is 0.340 e. The summed E-state index contributed by atoms with van der Waals surface area (Å²) in [5.41, 5.74) is 0.321. The van der Waals surface area contributed by atoms with Gasteiger partial charge in [-0.3, -0.25) is 9.10 Å². The molecule has 0 aromatic heterocycles. The van der Waals surface area contributed by atoms with Crippen molar-refractivity contribution in [2.75, 3.05) is 51.4 Å². The molecule has 0 saturated carbocycles. The number of amides is 1. The largest absolute Gasteiger partial charge is 0.465 e. The van der Waals surface area contributed by atoms with Crippen LogP contribution in [0.2, 0.25) is 0 Å². The van der Waals surface area contributed by atoms with Crippen LogP contribution in [0.4, 0.5) is 5.69 Å². The molecule has 0 radical (unpaired) electrons. The van der Waals surface area contributed by atoms with E-state index in [1.165, 1.54) is 19.2 Å². The number of hydrogen-bond acceptors (Lipinski definition) is 6. The second-order valence-electron chi connectivity index (χ2n) is 5.75. The number of likely N-dealkylation sites (N-methyl/N-ethyl adjacent to an activating group) is 1. The number of anilines is 1. The van der Waals surface area contributed by atoms with Crippen LogP contribution in [-0.2, 0) is 19.6 Å². The van der Waals surface area contributed by atoms with Crippen molar-refractivity contribution in [2.24, 2.45) is 0 Å². The highest BCUT2D eigenvalue weighted by molar-refractivity contribution is 7.92. The average Bonchev–Trinajstić information content (AvgIpc) is 2.53.